The minimum Gasteiger partial charge on any atom is -0.306 e. The molecule has 25 heavy (non-hydrogen) atoms. The van der Waals surface area contributed by atoms with E-state index < -0.39 is 5.91 Å². The molecule has 1 aliphatic rings. The minimum atomic E-state index is -0.671. The van der Waals surface area contributed by atoms with E-state index in [4.69, 9.17) is 5.21 Å². The van der Waals surface area contributed by atoms with Crippen molar-refractivity contribution in [3.63, 3.8) is 0 Å². The van der Waals surface area contributed by atoms with Crippen molar-refractivity contribution < 1.29 is 14.4 Å². The standard InChI is InChI=1S/C19H30FN3O2/c1-4-22(3)12-14(2)6-5-8-23-9-7-15-10-16(19(24)21-25)11-18(20)17(15)13-23/h10-11,14,25H,4-9,12-13H2,1-3H3,(H,21,24). The molecule has 1 atom stereocenters. The predicted octanol–water partition coefficient (Wildman–Crippen LogP) is 2.67. The monoisotopic (exact) mass is 351 g/mol. The fourth-order valence-electron chi connectivity index (χ4n) is 3.48. The number of carbonyl (C=O) groups excluding carboxylic acids is 1. The molecule has 0 bridgehead atoms. The van der Waals surface area contributed by atoms with Gasteiger partial charge in [0.1, 0.15) is 5.82 Å². The number of amides is 1. The molecular formula is C19H30FN3O2. The molecule has 0 spiro atoms. The van der Waals surface area contributed by atoms with Crippen LogP contribution in [0.4, 0.5) is 4.39 Å². The lowest BCUT2D eigenvalue weighted by Crippen LogP contribution is -2.33. The zero-order valence-electron chi connectivity index (χ0n) is 15.5. The van der Waals surface area contributed by atoms with Crippen molar-refractivity contribution in [1.29, 1.82) is 0 Å². The third-order valence-corrected chi connectivity index (χ3v) is 5.07. The number of benzene rings is 1. The number of halogens is 1. The molecule has 1 heterocycles. The van der Waals surface area contributed by atoms with Crippen LogP contribution >= 0.6 is 0 Å². The fourth-order valence-corrected chi connectivity index (χ4v) is 3.48. The maximum absolute atomic E-state index is 14.3. The molecule has 2 rings (SSSR count). The Balaban J connectivity index is 1.88. The van der Waals surface area contributed by atoms with Crippen LogP contribution in [0.25, 0.3) is 0 Å². The van der Waals surface area contributed by atoms with Gasteiger partial charge in [0.15, 0.2) is 0 Å². The number of nitrogens with one attached hydrogen (secondary N) is 1. The quantitative estimate of drug-likeness (QED) is 0.558. The van der Waals surface area contributed by atoms with Crippen molar-refractivity contribution in [1.82, 2.24) is 15.3 Å². The second-order valence-corrected chi connectivity index (χ2v) is 7.17. The van der Waals surface area contributed by atoms with Gasteiger partial charge in [-0.1, -0.05) is 13.8 Å². The lowest BCUT2D eigenvalue weighted by Gasteiger charge is -2.30. The number of nitrogens with zero attached hydrogens (tertiary/aromatic N) is 2. The van der Waals surface area contributed by atoms with E-state index in [9.17, 15) is 9.18 Å². The highest BCUT2D eigenvalue weighted by Crippen LogP contribution is 2.24. The average Bonchev–Trinajstić information content (AvgIpc) is 2.61. The second-order valence-electron chi connectivity index (χ2n) is 7.17. The first-order valence-corrected chi connectivity index (χ1v) is 9.11. The highest BCUT2D eigenvalue weighted by Gasteiger charge is 2.21. The van der Waals surface area contributed by atoms with E-state index in [0.717, 1.165) is 44.6 Å². The van der Waals surface area contributed by atoms with Gasteiger partial charge in [-0.2, -0.15) is 0 Å². The molecule has 1 amide bonds. The summed E-state index contributed by atoms with van der Waals surface area (Å²) in [4.78, 5) is 16.1. The predicted molar refractivity (Wildman–Crippen MR) is 96.2 cm³/mol. The molecule has 0 fully saturated rings. The molecule has 1 aliphatic heterocycles. The van der Waals surface area contributed by atoms with Crippen LogP contribution in [0.2, 0.25) is 0 Å². The van der Waals surface area contributed by atoms with Gasteiger partial charge in [0.25, 0.3) is 5.91 Å². The maximum Gasteiger partial charge on any atom is 0.274 e. The number of fused-ring (bicyclic) bond motifs is 1. The number of carbonyl (C=O) groups is 1. The molecule has 0 saturated carbocycles. The van der Waals surface area contributed by atoms with Crippen LogP contribution in [0, 0.1) is 11.7 Å². The topological polar surface area (TPSA) is 55.8 Å². The first-order valence-electron chi connectivity index (χ1n) is 9.11. The molecular weight excluding hydrogens is 321 g/mol. The van der Waals surface area contributed by atoms with Gasteiger partial charge >= 0.3 is 0 Å². The highest BCUT2D eigenvalue weighted by molar-refractivity contribution is 5.93. The molecule has 140 valence electrons. The summed E-state index contributed by atoms with van der Waals surface area (Å²) in [5, 5.41) is 8.70. The minimum absolute atomic E-state index is 0.168. The Bertz CT molecular complexity index is 594. The van der Waals surface area contributed by atoms with Gasteiger partial charge in [0, 0.05) is 30.8 Å². The summed E-state index contributed by atoms with van der Waals surface area (Å²) < 4.78 is 14.3. The normalized spacial score (nSPS) is 15.9. The van der Waals surface area contributed by atoms with Crippen LogP contribution in [0.15, 0.2) is 12.1 Å². The van der Waals surface area contributed by atoms with Gasteiger partial charge in [-0.3, -0.25) is 14.9 Å². The Morgan fingerprint density at radius 3 is 2.92 bits per heavy atom. The van der Waals surface area contributed by atoms with Crippen molar-refractivity contribution in [3.8, 4) is 0 Å². The zero-order valence-corrected chi connectivity index (χ0v) is 15.5. The van der Waals surface area contributed by atoms with E-state index in [2.05, 4.69) is 30.7 Å². The van der Waals surface area contributed by atoms with Gasteiger partial charge in [-0.25, -0.2) is 9.87 Å². The van der Waals surface area contributed by atoms with Crippen LogP contribution in [0.1, 0.15) is 48.2 Å². The summed E-state index contributed by atoms with van der Waals surface area (Å²) in [7, 11) is 2.14. The molecule has 1 aromatic carbocycles. The SMILES string of the molecule is CCN(C)CC(C)CCCN1CCc2cc(C(=O)NO)cc(F)c2C1. The van der Waals surface area contributed by atoms with E-state index in [1.54, 1.807) is 11.5 Å². The van der Waals surface area contributed by atoms with E-state index in [1.165, 1.54) is 12.5 Å². The first kappa shape index (κ1) is 19.8. The van der Waals surface area contributed by atoms with Crippen LogP contribution < -0.4 is 5.48 Å². The van der Waals surface area contributed by atoms with Crippen molar-refractivity contribution in [2.45, 2.75) is 39.7 Å². The zero-order chi connectivity index (χ0) is 18.4. The van der Waals surface area contributed by atoms with Crippen molar-refractivity contribution in [2.24, 2.45) is 5.92 Å². The van der Waals surface area contributed by atoms with E-state index in [0.29, 0.717) is 18.0 Å². The third-order valence-electron chi connectivity index (χ3n) is 5.07. The summed E-state index contributed by atoms with van der Waals surface area (Å²) in [6, 6.07) is 2.89. The average molecular weight is 351 g/mol. The lowest BCUT2D eigenvalue weighted by molar-refractivity contribution is 0.0705. The second kappa shape index (κ2) is 9.27. The third kappa shape index (κ3) is 5.49. The Kier molecular flexibility index (Phi) is 7.35. The number of hydroxylamine groups is 1. The molecule has 6 heteroatoms. The van der Waals surface area contributed by atoms with Gasteiger partial charge in [0.05, 0.1) is 0 Å². The summed E-state index contributed by atoms with van der Waals surface area (Å²) >= 11 is 0. The molecule has 0 aliphatic carbocycles. The van der Waals surface area contributed by atoms with Crippen LogP contribution in [0.3, 0.4) is 0 Å². The summed E-state index contributed by atoms with van der Waals surface area (Å²) in [6.45, 7) is 9.07. The lowest BCUT2D eigenvalue weighted by atomic mass is 9.96. The molecule has 0 aromatic heterocycles. The van der Waals surface area contributed by atoms with Crippen molar-refractivity contribution in [2.75, 3.05) is 33.2 Å². The summed E-state index contributed by atoms with van der Waals surface area (Å²) in [5.74, 6) is -0.368. The van der Waals surface area contributed by atoms with Crippen molar-refractivity contribution in [3.05, 3.63) is 34.6 Å². The largest absolute Gasteiger partial charge is 0.306 e. The Hall–Kier alpha value is -1.50. The molecule has 1 aromatic rings. The Morgan fingerprint density at radius 1 is 1.48 bits per heavy atom. The van der Waals surface area contributed by atoms with E-state index in [-0.39, 0.29) is 11.4 Å². The number of rotatable bonds is 8. The van der Waals surface area contributed by atoms with Crippen LogP contribution in [0.5, 0.6) is 0 Å². The van der Waals surface area contributed by atoms with Crippen LogP contribution in [-0.2, 0) is 13.0 Å². The van der Waals surface area contributed by atoms with E-state index >= 15 is 0 Å². The molecule has 0 saturated heterocycles. The van der Waals surface area contributed by atoms with Crippen LogP contribution in [-0.4, -0.2) is 54.1 Å². The number of hydrogen-bond acceptors (Lipinski definition) is 4. The Labute approximate surface area is 149 Å². The van der Waals surface area contributed by atoms with Gasteiger partial charge in [0.2, 0.25) is 0 Å². The molecule has 1 unspecified atom stereocenters. The van der Waals surface area contributed by atoms with Crippen molar-refractivity contribution >= 4 is 5.91 Å². The maximum atomic E-state index is 14.3. The summed E-state index contributed by atoms with van der Waals surface area (Å²) in [5.41, 5.74) is 3.28. The molecule has 2 N–H and O–H groups in total. The first-order chi connectivity index (χ1) is 11.9. The summed E-state index contributed by atoms with van der Waals surface area (Å²) in [6.07, 6.45) is 3.01. The van der Waals surface area contributed by atoms with Gasteiger partial charge in [-0.15, -0.1) is 0 Å². The number of hydrogen-bond donors (Lipinski definition) is 2. The fraction of sp³-hybridized carbons (Fsp3) is 0.632. The highest BCUT2D eigenvalue weighted by atomic mass is 19.1. The molecule has 0 radical (unpaired) electrons. The Morgan fingerprint density at radius 2 is 2.24 bits per heavy atom. The smallest absolute Gasteiger partial charge is 0.274 e. The van der Waals surface area contributed by atoms with E-state index in [1.807, 2.05) is 0 Å². The molecule has 5 nitrogen and oxygen atoms in total. The van der Waals surface area contributed by atoms with Gasteiger partial charge < -0.3 is 4.90 Å². The van der Waals surface area contributed by atoms with Gasteiger partial charge in [-0.05, 0) is 63.0 Å².